The van der Waals surface area contributed by atoms with Crippen molar-refractivity contribution in [3.8, 4) is 5.75 Å². The maximum atomic E-state index is 11.9. The van der Waals surface area contributed by atoms with Gasteiger partial charge in [0.05, 0.1) is 12.3 Å². The van der Waals surface area contributed by atoms with Gasteiger partial charge in [0.2, 0.25) is 5.91 Å². The molecule has 98 valence electrons. The Kier molecular flexibility index (Phi) is 4.60. The highest BCUT2D eigenvalue weighted by molar-refractivity contribution is 9.09. The molecule has 0 spiro atoms. The molecule has 1 fully saturated rings. The summed E-state index contributed by atoms with van der Waals surface area (Å²) >= 11 is 3.48. The van der Waals surface area contributed by atoms with Crippen molar-refractivity contribution in [2.24, 2.45) is 0 Å². The normalized spacial score (nSPS) is 19.3. The van der Waals surface area contributed by atoms with E-state index >= 15 is 0 Å². The number of amides is 1. The lowest BCUT2D eigenvalue weighted by Gasteiger charge is -2.19. The van der Waals surface area contributed by atoms with E-state index in [1.54, 1.807) is 12.0 Å². The van der Waals surface area contributed by atoms with Crippen LogP contribution in [0.25, 0.3) is 0 Å². The average Bonchev–Trinajstić information content (AvgIpc) is 2.69. The number of para-hydroxylation sites is 2. The van der Waals surface area contributed by atoms with Crippen molar-refractivity contribution in [1.29, 1.82) is 0 Å². The van der Waals surface area contributed by atoms with Crippen molar-refractivity contribution in [3.05, 3.63) is 24.3 Å². The van der Waals surface area contributed by atoms with E-state index in [9.17, 15) is 4.79 Å². The van der Waals surface area contributed by atoms with Crippen LogP contribution in [0.5, 0.6) is 5.75 Å². The molecule has 1 amide bonds. The van der Waals surface area contributed by atoms with E-state index in [4.69, 9.17) is 9.47 Å². The average molecular weight is 314 g/mol. The molecule has 1 unspecified atom stereocenters. The number of halogens is 1. The van der Waals surface area contributed by atoms with Gasteiger partial charge in [-0.05, 0) is 12.1 Å². The summed E-state index contributed by atoms with van der Waals surface area (Å²) in [5.41, 5.74) is 0.834. The minimum atomic E-state index is 0.125. The number of alkyl halides is 1. The number of carbonyl (C=O) groups excluding carboxylic acids is 1. The highest BCUT2D eigenvalue weighted by atomic mass is 79.9. The van der Waals surface area contributed by atoms with E-state index in [1.165, 1.54) is 0 Å². The Bertz CT molecular complexity index is 424. The molecule has 0 bridgehead atoms. The molecule has 1 aromatic carbocycles. The van der Waals surface area contributed by atoms with Gasteiger partial charge in [0.1, 0.15) is 12.4 Å². The molecule has 5 heteroatoms. The number of methoxy groups -OCH3 is 1. The Morgan fingerprint density at radius 3 is 2.83 bits per heavy atom. The van der Waals surface area contributed by atoms with E-state index in [0.717, 1.165) is 11.4 Å². The monoisotopic (exact) mass is 313 g/mol. The summed E-state index contributed by atoms with van der Waals surface area (Å²) in [5.74, 6) is 0.851. The fourth-order valence-corrected chi connectivity index (χ4v) is 2.50. The van der Waals surface area contributed by atoms with Gasteiger partial charge >= 0.3 is 0 Å². The third kappa shape index (κ3) is 3.03. The molecule has 4 nitrogen and oxygen atoms in total. The lowest BCUT2D eigenvalue weighted by atomic mass is 10.2. The summed E-state index contributed by atoms with van der Waals surface area (Å²) in [6.07, 6.45) is 0.534. The minimum Gasteiger partial charge on any atom is -0.489 e. The first-order valence-corrected chi connectivity index (χ1v) is 6.79. The smallest absolute Gasteiger partial charge is 0.228 e. The van der Waals surface area contributed by atoms with Crippen LogP contribution in [0, 0.1) is 0 Å². The summed E-state index contributed by atoms with van der Waals surface area (Å²) in [7, 11) is 1.63. The van der Waals surface area contributed by atoms with E-state index in [1.807, 2.05) is 24.3 Å². The largest absolute Gasteiger partial charge is 0.489 e. The molecular weight excluding hydrogens is 298 g/mol. The van der Waals surface area contributed by atoms with Gasteiger partial charge in [0, 0.05) is 24.9 Å². The Balaban J connectivity index is 2.14. The third-order valence-electron chi connectivity index (χ3n) is 2.78. The fraction of sp³-hybridized carbons (Fsp3) is 0.462. The Labute approximate surface area is 115 Å². The van der Waals surface area contributed by atoms with Crippen molar-refractivity contribution >= 4 is 27.5 Å². The third-order valence-corrected chi connectivity index (χ3v) is 3.39. The molecule has 2 rings (SSSR count). The minimum absolute atomic E-state index is 0.125. The topological polar surface area (TPSA) is 38.8 Å². The van der Waals surface area contributed by atoms with Crippen molar-refractivity contribution < 1.29 is 14.3 Å². The molecule has 1 aliphatic heterocycles. The summed E-state index contributed by atoms with van der Waals surface area (Å²) in [6.45, 7) is 1.69. The second-order valence-corrected chi connectivity index (χ2v) is 5.41. The number of hydrogen-bond donors (Lipinski definition) is 0. The van der Waals surface area contributed by atoms with Crippen molar-refractivity contribution in [2.45, 2.75) is 11.2 Å². The van der Waals surface area contributed by atoms with Gasteiger partial charge in [-0.1, -0.05) is 28.1 Å². The highest BCUT2D eigenvalue weighted by Crippen LogP contribution is 2.32. The van der Waals surface area contributed by atoms with Crippen LogP contribution in [0.15, 0.2) is 24.3 Å². The zero-order valence-corrected chi connectivity index (χ0v) is 11.9. The highest BCUT2D eigenvalue weighted by Gasteiger charge is 2.30. The fourth-order valence-electron chi connectivity index (χ4n) is 1.93. The van der Waals surface area contributed by atoms with Gasteiger partial charge in [0.15, 0.2) is 0 Å². The Hall–Kier alpha value is -1.07. The molecule has 0 aliphatic carbocycles. The van der Waals surface area contributed by atoms with Crippen LogP contribution >= 0.6 is 15.9 Å². The van der Waals surface area contributed by atoms with Crippen LogP contribution in [0.1, 0.15) is 6.42 Å². The van der Waals surface area contributed by atoms with Crippen LogP contribution in [0.2, 0.25) is 0 Å². The molecule has 0 saturated carbocycles. The zero-order valence-electron chi connectivity index (χ0n) is 10.3. The second kappa shape index (κ2) is 6.20. The number of ether oxygens (including phenoxy) is 2. The number of rotatable bonds is 5. The maximum Gasteiger partial charge on any atom is 0.228 e. The van der Waals surface area contributed by atoms with Crippen molar-refractivity contribution in [1.82, 2.24) is 0 Å². The quantitative estimate of drug-likeness (QED) is 0.618. The molecule has 1 saturated heterocycles. The number of hydrogen-bond acceptors (Lipinski definition) is 3. The Morgan fingerprint density at radius 1 is 1.39 bits per heavy atom. The Morgan fingerprint density at radius 2 is 2.17 bits per heavy atom. The SMILES string of the molecule is COCCOc1ccccc1N1CC(Br)CC1=O. The lowest BCUT2D eigenvalue weighted by Crippen LogP contribution is -2.25. The molecule has 0 aromatic heterocycles. The molecule has 18 heavy (non-hydrogen) atoms. The predicted molar refractivity (Wildman–Crippen MR) is 73.5 cm³/mol. The molecule has 1 atom stereocenters. The lowest BCUT2D eigenvalue weighted by molar-refractivity contribution is -0.117. The number of anilines is 1. The summed E-state index contributed by atoms with van der Waals surface area (Å²) in [5, 5.41) is 0. The van der Waals surface area contributed by atoms with Gasteiger partial charge in [-0.2, -0.15) is 0 Å². The van der Waals surface area contributed by atoms with E-state index in [2.05, 4.69) is 15.9 Å². The maximum absolute atomic E-state index is 11.9. The first-order valence-electron chi connectivity index (χ1n) is 5.87. The van der Waals surface area contributed by atoms with Gasteiger partial charge in [0.25, 0.3) is 0 Å². The zero-order chi connectivity index (χ0) is 13.0. The van der Waals surface area contributed by atoms with E-state index in [0.29, 0.717) is 26.2 Å². The van der Waals surface area contributed by atoms with Crippen LogP contribution < -0.4 is 9.64 Å². The number of nitrogens with zero attached hydrogens (tertiary/aromatic N) is 1. The summed E-state index contributed by atoms with van der Waals surface area (Å²) in [6, 6.07) is 7.59. The molecule has 1 aliphatic rings. The van der Waals surface area contributed by atoms with Crippen LogP contribution in [0.3, 0.4) is 0 Å². The predicted octanol–water partition coefficient (Wildman–Crippen LogP) is 2.21. The van der Waals surface area contributed by atoms with Crippen molar-refractivity contribution in [3.63, 3.8) is 0 Å². The standard InChI is InChI=1S/C13H16BrNO3/c1-17-6-7-18-12-5-3-2-4-11(12)15-9-10(14)8-13(15)16/h2-5,10H,6-9H2,1H3. The molecule has 1 aromatic rings. The van der Waals surface area contributed by atoms with Gasteiger partial charge in [-0.3, -0.25) is 4.79 Å². The van der Waals surface area contributed by atoms with Gasteiger partial charge in [-0.15, -0.1) is 0 Å². The van der Waals surface area contributed by atoms with Crippen molar-refractivity contribution in [2.75, 3.05) is 31.8 Å². The number of benzene rings is 1. The number of carbonyl (C=O) groups is 1. The van der Waals surface area contributed by atoms with Crippen LogP contribution in [-0.4, -0.2) is 37.6 Å². The first kappa shape index (κ1) is 13.4. The molecule has 1 heterocycles. The molecule has 0 radical (unpaired) electrons. The van der Waals surface area contributed by atoms with Gasteiger partial charge < -0.3 is 14.4 Å². The van der Waals surface area contributed by atoms with Crippen LogP contribution in [-0.2, 0) is 9.53 Å². The molecule has 0 N–H and O–H groups in total. The first-order chi connectivity index (χ1) is 8.72. The molecular formula is C13H16BrNO3. The van der Waals surface area contributed by atoms with E-state index in [-0.39, 0.29) is 10.7 Å². The summed E-state index contributed by atoms with van der Waals surface area (Å²) in [4.78, 5) is 13.9. The second-order valence-electron chi connectivity index (χ2n) is 4.11. The summed E-state index contributed by atoms with van der Waals surface area (Å²) < 4.78 is 10.6. The van der Waals surface area contributed by atoms with Crippen LogP contribution in [0.4, 0.5) is 5.69 Å². The van der Waals surface area contributed by atoms with E-state index < -0.39 is 0 Å². The van der Waals surface area contributed by atoms with Gasteiger partial charge in [-0.25, -0.2) is 0 Å².